The van der Waals surface area contributed by atoms with Crippen molar-refractivity contribution in [2.45, 2.75) is 39.0 Å². The topological polar surface area (TPSA) is 88.2 Å². The highest BCUT2D eigenvalue weighted by Gasteiger charge is 2.26. The van der Waals surface area contributed by atoms with Crippen LogP contribution in [0.15, 0.2) is 42.5 Å². The van der Waals surface area contributed by atoms with Crippen LogP contribution in [0.25, 0.3) is 0 Å². The summed E-state index contributed by atoms with van der Waals surface area (Å²) in [6.45, 7) is 6.01. The molecule has 192 valence electrons. The first-order valence-corrected chi connectivity index (χ1v) is 12.9. The van der Waals surface area contributed by atoms with E-state index in [1.54, 1.807) is 23.1 Å². The second-order valence-corrected chi connectivity index (χ2v) is 9.19. The first kappa shape index (κ1) is 25.7. The standard InChI is InChI=1S/C28H35N3O5/c1-2-21-8-3-4-9-25(21)35-19-24(32)22-11-12-26-23(18-22)31(28(34)20-36-26)16-7-10-27(33)29-13-17-30-14-5-6-15-30/h3-4,8-9,11-12,18H,2,5-7,10,13-17,19-20H2,1H3,(H,29,33). The molecule has 1 N–H and O–H groups in total. The number of rotatable bonds is 12. The van der Waals surface area contributed by atoms with Gasteiger partial charge in [-0.15, -0.1) is 0 Å². The van der Waals surface area contributed by atoms with Crippen LogP contribution in [-0.2, 0) is 16.0 Å². The van der Waals surface area contributed by atoms with Crippen LogP contribution in [0, 0.1) is 0 Å². The summed E-state index contributed by atoms with van der Waals surface area (Å²) < 4.78 is 11.4. The number of para-hydroxylation sites is 1. The maximum atomic E-state index is 12.9. The van der Waals surface area contributed by atoms with Gasteiger partial charge in [0.2, 0.25) is 5.91 Å². The SMILES string of the molecule is CCc1ccccc1OCC(=O)c1ccc2c(c1)N(CCCC(=O)NCCN1CCCC1)C(=O)CO2. The van der Waals surface area contributed by atoms with Crippen LogP contribution < -0.4 is 19.7 Å². The van der Waals surface area contributed by atoms with Gasteiger partial charge in [-0.05, 0) is 68.6 Å². The molecule has 2 aromatic carbocycles. The number of carbonyl (C=O) groups excluding carboxylic acids is 3. The molecule has 0 spiro atoms. The zero-order chi connectivity index (χ0) is 25.3. The van der Waals surface area contributed by atoms with Crippen molar-refractivity contribution in [3.05, 3.63) is 53.6 Å². The Kier molecular flexibility index (Phi) is 8.95. The van der Waals surface area contributed by atoms with Crippen molar-refractivity contribution in [1.82, 2.24) is 10.2 Å². The van der Waals surface area contributed by atoms with E-state index in [0.717, 1.165) is 31.6 Å². The van der Waals surface area contributed by atoms with Gasteiger partial charge in [-0.25, -0.2) is 0 Å². The Balaban J connectivity index is 1.31. The number of likely N-dealkylation sites (tertiary alicyclic amines) is 1. The minimum Gasteiger partial charge on any atom is -0.485 e. The fraction of sp³-hybridized carbons (Fsp3) is 0.464. The fourth-order valence-corrected chi connectivity index (χ4v) is 4.63. The highest BCUT2D eigenvalue weighted by molar-refractivity contribution is 6.02. The van der Waals surface area contributed by atoms with Crippen molar-refractivity contribution < 1.29 is 23.9 Å². The van der Waals surface area contributed by atoms with Crippen molar-refractivity contribution in [2.24, 2.45) is 0 Å². The Labute approximate surface area is 212 Å². The molecule has 4 rings (SSSR count). The second kappa shape index (κ2) is 12.5. The summed E-state index contributed by atoms with van der Waals surface area (Å²) in [6.07, 6.45) is 4.14. The van der Waals surface area contributed by atoms with E-state index in [-0.39, 0.29) is 30.8 Å². The van der Waals surface area contributed by atoms with Gasteiger partial charge in [0.25, 0.3) is 5.91 Å². The van der Waals surface area contributed by atoms with E-state index >= 15 is 0 Å². The zero-order valence-electron chi connectivity index (χ0n) is 21.0. The maximum absolute atomic E-state index is 12.9. The number of ether oxygens (including phenoxy) is 2. The normalized spacial score (nSPS) is 15.4. The van der Waals surface area contributed by atoms with Gasteiger partial charge in [-0.2, -0.15) is 0 Å². The van der Waals surface area contributed by atoms with Gasteiger partial charge in [0.1, 0.15) is 11.5 Å². The number of anilines is 1. The molecule has 0 aliphatic carbocycles. The molecule has 0 bridgehead atoms. The van der Waals surface area contributed by atoms with E-state index in [9.17, 15) is 14.4 Å². The molecule has 36 heavy (non-hydrogen) atoms. The minimum absolute atomic E-state index is 0.0106. The Morgan fingerprint density at radius 2 is 1.89 bits per heavy atom. The number of amides is 2. The van der Waals surface area contributed by atoms with Crippen LogP contribution in [0.2, 0.25) is 0 Å². The van der Waals surface area contributed by atoms with E-state index in [1.807, 2.05) is 31.2 Å². The summed E-state index contributed by atoms with van der Waals surface area (Å²) in [4.78, 5) is 41.7. The lowest BCUT2D eigenvalue weighted by Gasteiger charge is -2.29. The van der Waals surface area contributed by atoms with Gasteiger partial charge in [0.15, 0.2) is 19.0 Å². The van der Waals surface area contributed by atoms with Gasteiger partial charge >= 0.3 is 0 Å². The molecule has 0 radical (unpaired) electrons. The smallest absolute Gasteiger partial charge is 0.265 e. The Morgan fingerprint density at radius 3 is 2.69 bits per heavy atom. The van der Waals surface area contributed by atoms with Crippen LogP contribution in [0.4, 0.5) is 5.69 Å². The number of fused-ring (bicyclic) bond motifs is 1. The van der Waals surface area contributed by atoms with Crippen molar-refractivity contribution in [1.29, 1.82) is 0 Å². The van der Waals surface area contributed by atoms with Crippen molar-refractivity contribution in [2.75, 3.05) is 50.8 Å². The van der Waals surface area contributed by atoms with Crippen LogP contribution in [0.5, 0.6) is 11.5 Å². The molecule has 2 aliphatic rings. The van der Waals surface area contributed by atoms with E-state index in [2.05, 4.69) is 10.2 Å². The number of carbonyl (C=O) groups is 3. The first-order valence-electron chi connectivity index (χ1n) is 12.9. The van der Waals surface area contributed by atoms with Crippen molar-refractivity contribution >= 4 is 23.3 Å². The number of aryl methyl sites for hydroxylation is 1. The first-order chi connectivity index (χ1) is 17.5. The molecule has 0 atom stereocenters. The third-order valence-electron chi connectivity index (χ3n) is 6.67. The molecule has 8 heteroatoms. The number of nitrogens with zero attached hydrogens (tertiary/aromatic N) is 2. The molecule has 2 aliphatic heterocycles. The molecule has 1 saturated heterocycles. The van der Waals surface area contributed by atoms with Crippen LogP contribution >= 0.6 is 0 Å². The maximum Gasteiger partial charge on any atom is 0.265 e. The lowest BCUT2D eigenvalue weighted by molar-refractivity contribution is -0.122. The summed E-state index contributed by atoms with van der Waals surface area (Å²) in [5.41, 5.74) is 2.05. The number of hydrogen-bond acceptors (Lipinski definition) is 6. The summed E-state index contributed by atoms with van der Waals surface area (Å²) in [7, 11) is 0. The monoisotopic (exact) mass is 493 g/mol. The van der Waals surface area contributed by atoms with Gasteiger partial charge < -0.3 is 24.6 Å². The molecule has 0 saturated carbocycles. The lowest BCUT2D eigenvalue weighted by Crippen LogP contribution is -2.40. The Bertz CT molecular complexity index is 1080. The molecule has 2 heterocycles. The largest absolute Gasteiger partial charge is 0.485 e. The lowest BCUT2D eigenvalue weighted by atomic mass is 10.1. The second-order valence-electron chi connectivity index (χ2n) is 9.19. The molecule has 1 fully saturated rings. The average Bonchev–Trinajstić information content (AvgIpc) is 3.42. The predicted molar refractivity (Wildman–Crippen MR) is 138 cm³/mol. The molecule has 0 aromatic heterocycles. The van der Waals surface area contributed by atoms with E-state index < -0.39 is 0 Å². The fourth-order valence-electron chi connectivity index (χ4n) is 4.63. The molecule has 0 unspecified atom stereocenters. The number of hydrogen-bond donors (Lipinski definition) is 1. The molecular weight excluding hydrogens is 458 g/mol. The van der Waals surface area contributed by atoms with Gasteiger partial charge in [0.05, 0.1) is 5.69 Å². The number of benzene rings is 2. The third-order valence-corrected chi connectivity index (χ3v) is 6.67. The van der Waals surface area contributed by atoms with Crippen LogP contribution in [0.3, 0.4) is 0 Å². The molecule has 8 nitrogen and oxygen atoms in total. The van der Waals surface area contributed by atoms with Gasteiger partial charge in [-0.1, -0.05) is 25.1 Å². The quantitative estimate of drug-likeness (QED) is 0.457. The summed E-state index contributed by atoms with van der Waals surface area (Å²) in [5.74, 6) is 0.876. The highest BCUT2D eigenvalue weighted by Crippen LogP contribution is 2.33. The van der Waals surface area contributed by atoms with Crippen molar-refractivity contribution in [3.63, 3.8) is 0 Å². The number of nitrogens with one attached hydrogen (secondary N) is 1. The highest BCUT2D eigenvalue weighted by atomic mass is 16.5. The number of ketones is 1. The van der Waals surface area contributed by atoms with Crippen LogP contribution in [0.1, 0.15) is 48.5 Å². The van der Waals surface area contributed by atoms with E-state index in [0.29, 0.717) is 48.7 Å². The van der Waals surface area contributed by atoms with Gasteiger partial charge in [-0.3, -0.25) is 14.4 Å². The third kappa shape index (κ3) is 6.63. The average molecular weight is 494 g/mol. The van der Waals surface area contributed by atoms with Crippen LogP contribution in [-0.4, -0.2) is 68.4 Å². The molecule has 2 amide bonds. The Morgan fingerprint density at radius 1 is 1.08 bits per heavy atom. The van der Waals surface area contributed by atoms with Crippen molar-refractivity contribution in [3.8, 4) is 11.5 Å². The summed E-state index contributed by atoms with van der Waals surface area (Å²) in [6, 6.07) is 12.8. The minimum atomic E-state index is -0.185. The van der Waals surface area contributed by atoms with E-state index in [4.69, 9.17) is 9.47 Å². The molecule has 2 aromatic rings. The summed E-state index contributed by atoms with van der Waals surface area (Å²) >= 11 is 0. The molecular formula is C28H35N3O5. The predicted octanol–water partition coefficient (Wildman–Crippen LogP) is 3.23. The Hall–Kier alpha value is -3.39. The van der Waals surface area contributed by atoms with Gasteiger partial charge in [0, 0.05) is 31.6 Å². The zero-order valence-corrected chi connectivity index (χ0v) is 21.0. The summed E-state index contributed by atoms with van der Waals surface area (Å²) in [5, 5.41) is 2.97. The number of Topliss-reactive ketones (excluding diaryl/α,β-unsaturated/α-hetero) is 1. The van der Waals surface area contributed by atoms with E-state index in [1.165, 1.54) is 12.8 Å².